The van der Waals surface area contributed by atoms with Crippen LogP contribution < -0.4 is 25.4 Å². The Morgan fingerprint density at radius 2 is 1.71 bits per heavy atom. The van der Waals surface area contributed by atoms with Crippen molar-refractivity contribution in [3.63, 3.8) is 0 Å². The summed E-state index contributed by atoms with van der Waals surface area (Å²) < 4.78 is 10.5. The van der Waals surface area contributed by atoms with Crippen molar-refractivity contribution < 1.29 is 14.3 Å². The van der Waals surface area contributed by atoms with Gasteiger partial charge in [-0.1, -0.05) is 18.2 Å². The van der Waals surface area contributed by atoms with Crippen LogP contribution in [-0.4, -0.2) is 63.7 Å². The van der Waals surface area contributed by atoms with E-state index >= 15 is 0 Å². The maximum Gasteiger partial charge on any atom is 0.224 e. The molecule has 1 aliphatic rings. The van der Waals surface area contributed by atoms with Gasteiger partial charge in [-0.25, -0.2) is 0 Å². The number of nitrogens with two attached hydrogens (primary N) is 1. The standard InChI is InChI=1S/C22H29N5O3.HI/c1-29-19-9-8-17(16-20(19)30-2)25-22(23)24-11-10-21(28)27-14-12-26(13-15-27)18-6-4-3-5-7-18;/h3-9,16H,10-15H2,1-2H3,(H3,23,24,25);1H. The van der Waals surface area contributed by atoms with E-state index in [1.165, 1.54) is 5.69 Å². The Labute approximate surface area is 200 Å². The van der Waals surface area contributed by atoms with Crippen molar-refractivity contribution in [3.8, 4) is 11.5 Å². The lowest BCUT2D eigenvalue weighted by Crippen LogP contribution is -2.48. The average molecular weight is 539 g/mol. The third kappa shape index (κ3) is 6.91. The summed E-state index contributed by atoms with van der Waals surface area (Å²) in [5.41, 5.74) is 7.88. The summed E-state index contributed by atoms with van der Waals surface area (Å²) in [6, 6.07) is 15.7. The highest BCUT2D eigenvalue weighted by Crippen LogP contribution is 2.29. The Morgan fingerprint density at radius 1 is 1.03 bits per heavy atom. The maximum absolute atomic E-state index is 12.5. The summed E-state index contributed by atoms with van der Waals surface area (Å²) in [6.45, 7) is 3.45. The minimum absolute atomic E-state index is 0. The lowest BCUT2D eigenvalue weighted by molar-refractivity contribution is -0.131. The molecule has 3 N–H and O–H groups in total. The number of para-hydroxylation sites is 1. The number of nitrogens with one attached hydrogen (secondary N) is 1. The van der Waals surface area contributed by atoms with Crippen LogP contribution in [0.4, 0.5) is 11.4 Å². The molecule has 1 aliphatic heterocycles. The molecule has 0 atom stereocenters. The summed E-state index contributed by atoms with van der Waals surface area (Å²) >= 11 is 0. The fourth-order valence-electron chi connectivity index (χ4n) is 3.38. The fraction of sp³-hybridized carbons (Fsp3) is 0.364. The third-order valence-corrected chi connectivity index (χ3v) is 5.02. The zero-order chi connectivity index (χ0) is 21.3. The van der Waals surface area contributed by atoms with Crippen molar-refractivity contribution in [2.24, 2.45) is 10.7 Å². The zero-order valence-corrected chi connectivity index (χ0v) is 20.2. The van der Waals surface area contributed by atoms with Crippen LogP contribution in [-0.2, 0) is 4.79 Å². The van der Waals surface area contributed by atoms with Gasteiger partial charge in [-0.2, -0.15) is 0 Å². The van der Waals surface area contributed by atoms with Gasteiger partial charge in [0.05, 0.1) is 20.8 Å². The molecule has 1 heterocycles. The van der Waals surface area contributed by atoms with Gasteiger partial charge in [0, 0.05) is 50.0 Å². The molecular weight excluding hydrogens is 509 g/mol. The largest absolute Gasteiger partial charge is 0.493 e. The number of anilines is 2. The number of rotatable bonds is 7. The van der Waals surface area contributed by atoms with Gasteiger partial charge < -0.3 is 30.3 Å². The van der Waals surface area contributed by atoms with Crippen LogP contribution in [0, 0.1) is 0 Å². The molecule has 0 bridgehead atoms. The Hall–Kier alpha value is -2.69. The second kappa shape index (κ2) is 12.2. The van der Waals surface area contributed by atoms with Crippen molar-refractivity contribution in [1.29, 1.82) is 0 Å². The number of carbonyl (C=O) groups excluding carboxylic acids is 1. The van der Waals surface area contributed by atoms with E-state index in [4.69, 9.17) is 15.2 Å². The summed E-state index contributed by atoms with van der Waals surface area (Å²) in [6.07, 6.45) is 0.333. The monoisotopic (exact) mass is 539 g/mol. The van der Waals surface area contributed by atoms with Crippen molar-refractivity contribution in [2.45, 2.75) is 6.42 Å². The molecule has 8 nitrogen and oxygen atoms in total. The summed E-state index contributed by atoms with van der Waals surface area (Å²) in [4.78, 5) is 20.9. The Balaban J connectivity index is 0.00000341. The molecule has 0 aliphatic carbocycles. The van der Waals surface area contributed by atoms with Gasteiger partial charge in [0.15, 0.2) is 17.5 Å². The number of piperazine rings is 1. The van der Waals surface area contributed by atoms with E-state index in [0.717, 1.165) is 31.9 Å². The van der Waals surface area contributed by atoms with Crippen LogP contribution in [0.2, 0.25) is 0 Å². The fourth-order valence-corrected chi connectivity index (χ4v) is 3.38. The highest BCUT2D eigenvalue weighted by molar-refractivity contribution is 14.0. The SMILES string of the molecule is COc1ccc(NC(N)=NCCC(=O)N2CCN(c3ccccc3)CC2)cc1OC.I. The van der Waals surface area contributed by atoms with E-state index in [-0.39, 0.29) is 35.8 Å². The minimum atomic E-state index is 0. The van der Waals surface area contributed by atoms with E-state index in [1.807, 2.05) is 29.2 Å². The Morgan fingerprint density at radius 3 is 2.35 bits per heavy atom. The average Bonchev–Trinajstić information content (AvgIpc) is 2.79. The van der Waals surface area contributed by atoms with Gasteiger partial charge in [-0.15, -0.1) is 24.0 Å². The molecule has 31 heavy (non-hydrogen) atoms. The maximum atomic E-state index is 12.5. The molecule has 0 unspecified atom stereocenters. The van der Waals surface area contributed by atoms with Crippen LogP contribution in [0.3, 0.4) is 0 Å². The molecule has 0 aromatic heterocycles. The van der Waals surface area contributed by atoms with Crippen molar-refractivity contribution in [2.75, 3.05) is 57.2 Å². The number of amides is 1. The van der Waals surface area contributed by atoms with E-state index in [2.05, 4.69) is 27.3 Å². The number of halogens is 1. The first-order chi connectivity index (χ1) is 14.6. The van der Waals surface area contributed by atoms with Gasteiger partial charge >= 0.3 is 0 Å². The van der Waals surface area contributed by atoms with Crippen LogP contribution in [0.1, 0.15) is 6.42 Å². The molecule has 1 saturated heterocycles. The molecule has 168 valence electrons. The molecule has 0 radical (unpaired) electrons. The van der Waals surface area contributed by atoms with Crippen molar-refractivity contribution >= 4 is 47.2 Å². The number of benzene rings is 2. The zero-order valence-electron chi connectivity index (χ0n) is 17.9. The molecule has 1 fully saturated rings. The van der Waals surface area contributed by atoms with Crippen LogP contribution in [0.15, 0.2) is 53.5 Å². The highest BCUT2D eigenvalue weighted by Gasteiger charge is 2.20. The molecule has 0 saturated carbocycles. The number of hydrogen-bond donors (Lipinski definition) is 2. The number of nitrogens with zero attached hydrogens (tertiary/aromatic N) is 3. The van der Waals surface area contributed by atoms with Crippen molar-refractivity contribution in [3.05, 3.63) is 48.5 Å². The van der Waals surface area contributed by atoms with Gasteiger partial charge in [0.25, 0.3) is 0 Å². The summed E-state index contributed by atoms with van der Waals surface area (Å²) in [5.74, 6) is 1.59. The number of methoxy groups -OCH3 is 2. The number of carbonyl (C=O) groups is 1. The third-order valence-electron chi connectivity index (χ3n) is 5.02. The molecule has 3 rings (SSSR count). The van der Waals surface area contributed by atoms with Crippen molar-refractivity contribution in [1.82, 2.24) is 4.90 Å². The van der Waals surface area contributed by atoms with Crippen LogP contribution in [0.5, 0.6) is 11.5 Å². The topological polar surface area (TPSA) is 92.4 Å². The van der Waals surface area contributed by atoms with E-state index in [9.17, 15) is 4.79 Å². The molecule has 9 heteroatoms. The first-order valence-electron chi connectivity index (χ1n) is 9.97. The van der Waals surface area contributed by atoms with Crippen LogP contribution in [0.25, 0.3) is 0 Å². The molecule has 1 amide bonds. The number of aliphatic imine (C=N–C) groups is 1. The van der Waals surface area contributed by atoms with E-state index in [0.29, 0.717) is 24.5 Å². The van der Waals surface area contributed by atoms with Gasteiger partial charge in [0.1, 0.15) is 0 Å². The van der Waals surface area contributed by atoms with Gasteiger partial charge in [0.2, 0.25) is 5.91 Å². The molecule has 2 aromatic rings. The molecule has 0 spiro atoms. The second-order valence-corrected chi connectivity index (χ2v) is 6.92. The first kappa shape index (κ1) is 24.6. The van der Waals surface area contributed by atoms with Gasteiger partial charge in [-0.3, -0.25) is 9.79 Å². The predicted octanol–water partition coefficient (Wildman–Crippen LogP) is 2.79. The van der Waals surface area contributed by atoms with E-state index < -0.39 is 0 Å². The Bertz CT molecular complexity index is 871. The van der Waals surface area contributed by atoms with E-state index in [1.54, 1.807) is 26.4 Å². The lowest BCUT2D eigenvalue weighted by atomic mass is 10.2. The normalized spacial score (nSPS) is 13.9. The number of hydrogen-bond acceptors (Lipinski definition) is 5. The number of ether oxygens (including phenoxy) is 2. The summed E-state index contributed by atoms with van der Waals surface area (Å²) in [7, 11) is 3.16. The quantitative estimate of drug-likeness (QED) is 0.320. The minimum Gasteiger partial charge on any atom is -0.493 e. The van der Waals surface area contributed by atoms with Crippen LogP contribution >= 0.6 is 24.0 Å². The smallest absolute Gasteiger partial charge is 0.224 e. The Kier molecular flexibility index (Phi) is 9.70. The second-order valence-electron chi connectivity index (χ2n) is 6.92. The lowest BCUT2D eigenvalue weighted by Gasteiger charge is -2.36. The number of guanidine groups is 1. The predicted molar refractivity (Wildman–Crippen MR) is 135 cm³/mol. The molecular formula is C22H30IN5O3. The first-order valence-corrected chi connectivity index (χ1v) is 9.97. The summed E-state index contributed by atoms with van der Waals surface area (Å²) in [5, 5.41) is 3.01. The van der Waals surface area contributed by atoms with Gasteiger partial charge in [-0.05, 0) is 24.3 Å². The highest BCUT2D eigenvalue weighted by atomic mass is 127. The molecule has 2 aromatic carbocycles.